The molecule has 482 valence electrons. The predicted octanol–water partition coefficient (Wildman–Crippen LogP) is 11.9. The van der Waals surface area contributed by atoms with Crippen LogP contribution in [0.4, 0.5) is 4.79 Å². The molecule has 16 heteroatoms. The number of hydrogen-bond acceptors (Lipinski definition) is 11. The third kappa shape index (κ3) is 16.2. The average Bonchev–Trinajstić information content (AvgIpc) is 2.26. The summed E-state index contributed by atoms with van der Waals surface area (Å²) in [6, 6.07) is 23.7. The van der Waals surface area contributed by atoms with Crippen molar-refractivity contribution in [1.29, 1.82) is 0 Å². The fourth-order valence-corrected chi connectivity index (χ4v) is 14.4. The van der Waals surface area contributed by atoms with E-state index in [1.165, 1.54) is 40.9 Å². The lowest BCUT2D eigenvalue weighted by atomic mass is 9.80. The molecule has 0 aromatic heterocycles. The van der Waals surface area contributed by atoms with Gasteiger partial charge in [0.05, 0.1) is 62.0 Å². The first-order chi connectivity index (χ1) is 42.3. The minimum atomic E-state index is -0.965. The minimum absolute atomic E-state index is 0.0319. The average molecular weight is 1210 g/mol. The summed E-state index contributed by atoms with van der Waals surface area (Å²) < 4.78 is 37.9. The van der Waals surface area contributed by atoms with Gasteiger partial charge in [-0.25, -0.2) is 4.79 Å². The number of likely N-dealkylation sites (N-methyl/N-ethyl adjacent to an activating group) is 2. The Bertz CT molecular complexity index is 2860. The first-order valence-electron chi connectivity index (χ1n) is 32.9. The minimum Gasteiger partial charge on any atom is -0.448 e. The van der Waals surface area contributed by atoms with E-state index in [2.05, 4.69) is 66.1 Å². The van der Waals surface area contributed by atoms with E-state index in [4.69, 9.17) is 28.4 Å². The maximum Gasteiger partial charge on any atom is 0.410 e. The summed E-state index contributed by atoms with van der Waals surface area (Å²) in [4.78, 5) is 77.5. The monoisotopic (exact) mass is 1210 g/mol. The highest BCUT2D eigenvalue weighted by Gasteiger charge is 2.45. The van der Waals surface area contributed by atoms with Crippen LogP contribution in [0.15, 0.2) is 96.6 Å². The van der Waals surface area contributed by atoms with Crippen molar-refractivity contribution in [3.05, 3.63) is 124 Å². The largest absolute Gasteiger partial charge is 0.448 e. The summed E-state index contributed by atoms with van der Waals surface area (Å²) >= 11 is 0. The Labute approximate surface area is 525 Å². The van der Waals surface area contributed by atoms with Crippen LogP contribution in [0.2, 0.25) is 0 Å². The summed E-state index contributed by atoms with van der Waals surface area (Å²) in [6.07, 6.45) is 10.6. The van der Waals surface area contributed by atoms with Crippen LogP contribution < -0.4 is 10.6 Å². The first-order valence-corrected chi connectivity index (χ1v) is 32.9. The van der Waals surface area contributed by atoms with Gasteiger partial charge >= 0.3 is 6.09 Å². The molecule has 1 saturated carbocycles. The van der Waals surface area contributed by atoms with Gasteiger partial charge in [-0.1, -0.05) is 159 Å². The number of benzene rings is 3. The van der Waals surface area contributed by atoms with E-state index < -0.39 is 72.7 Å². The second-order valence-electron chi connectivity index (χ2n) is 26.5. The van der Waals surface area contributed by atoms with Crippen molar-refractivity contribution < 1.29 is 52.4 Å². The maximum atomic E-state index is 14.9. The van der Waals surface area contributed by atoms with E-state index in [1.807, 2.05) is 103 Å². The van der Waals surface area contributed by atoms with E-state index in [0.29, 0.717) is 44.4 Å². The molecule has 8 rings (SSSR count). The highest BCUT2D eigenvalue weighted by atomic mass is 16.7. The number of fused-ring (bicyclic) bond motifs is 2. The van der Waals surface area contributed by atoms with Gasteiger partial charge in [0.25, 0.3) is 0 Å². The molecular weight excluding hydrogens is 1110 g/mol. The number of ether oxygens (including phenoxy) is 6. The lowest BCUT2D eigenvalue weighted by molar-refractivity contribution is -0.229. The topological polar surface area (TPSA) is 175 Å². The Hall–Kier alpha value is -5.91. The normalized spacial score (nSPS) is 23.2. The molecule has 5 amide bonds. The van der Waals surface area contributed by atoms with Crippen molar-refractivity contribution in [3.63, 3.8) is 0 Å². The molecule has 3 aromatic rings. The maximum absolute atomic E-state index is 14.9. The number of likely N-dealkylation sites (tertiary alicyclic amines) is 1. The summed E-state index contributed by atoms with van der Waals surface area (Å²) in [6.45, 7) is 19.2. The molecule has 0 bridgehead atoms. The molecule has 2 heterocycles. The van der Waals surface area contributed by atoms with E-state index in [0.717, 1.165) is 54.4 Å². The number of rotatable bonds is 29. The SMILES string of the molecule is CCC(C)C(C(CC(=O)N1CCCC1C(OC)C(C)C(=O)NC(C)C(OC1CCCC(COCc2ccc(C3CCC3)cc2)O1)c1ccccc1)OC)N(C)C(=O)[C@@H](NC(=O)C(C(C)C)N(C)C(=O)OCC1C2=C(C=CCC2C)c2ccccc21)C(C)C. The molecule has 0 spiro atoms. The summed E-state index contributed by atoms with van der Waals surface area (Å²) in [5, 5.41) is 6.32. The van der Waals surface area contributed by atoms with Gasteiger partial charge in [-0.15, -0.1) is 0 Å². The van der Waals surface area contributed by atoms with Crippen LogP contribution in [0.3, 0.4) is 0 Å². The van der Waals surface area contributed by atoms with E-state index in [9.17, 15) is 24.0 Å². The molecule has 14 atom stereocenters. The standard InChI is InChI=1S/C72H103N5O11/c1-14-46(6)66(75(10)71(81)64(44(2)3)74-70(80)65(45(4)5)76(11)72(82)86-43-58-56-31-19-18-30-55(56)57-32-20-24-47(7)63(57)58)60(83-12)40-61(78)77-39-23-33-59(77)67(84-13)48(8)69(79)73-49(9)68(53-25-16-15-17-26-53)88-62-34-22-29-54(87-62)42-85-41-50-35-37-52(38-36-50)51-27-21-28-51/h15-20,25-26,30-32,35-38,44-49,51,54,58-60,62,64-68H,14,21-24,27-29,33-34,39-43H2,1-13H3,(H,73,79)(H,74,80)/t46?,47?,48?,49?,54?,58?,59?,60?,62?,64-,65?,66?,67?,68?/m0/s1. The number of hydrogen-bond donors (Lipinski definition) is 2. The van der Waals surface area contributed by atoms with Crippen molar-refractivity contribution >= 4 is 35.3 Å². The fourth-order valence-electron chi connectivity index (χ4n) is 14.4. The number of allylic oxidation sites excluding steroid dienone is 3. The van der Waals surface area contributed by atoms with Gasteiger partial charge in [-0.2, -0.15) is 0 Å². The molecule has 3 fully saturated rings. The van der Waals surface area contributed by atoms with Crippen LogP contribution in [-0.2, 0) is 54.2 Å². The number of carbonyl (C=O) groups is 5. The fraction of sp³-hybridized carbons (Fsp3) is 0.625. The van der Waals surface area contributed by atoms with Gasteiger partial charge in [0.1, 0.15) is 24.8 Å². The van der Waals surface area contributed by atoms with E-state index in [-0.39, 0.29) is 60.5 Å². The molecule has 5 aliphatic rings. The number of amides is 5. The molecule has 3 aromatic carbocycles. The van der Waals surface area contributed by atoms with Crippen LogP contribution in [0.5, 0.6) is 0 Å². The zero-order valence-electron chi connectivity index (χ0n) is 54.9. The third-order valence-electron chi connectivity index (χ3n) is 19.8. The molecule has 2 N–H and O–H groups in total. The Morgan fingerprint density at radius 1 is 0.761 bits per heavy atom. The number of nitrogens with one attached hydrogen (secondary N) is 2. The molecule has 2 aliphatic heterocycles. The summed E-state index contributed by atoms with van der Waals surface area (Å²) in [5.74, 6) is -1.71. The first kappa shape index (κ1) is 68.0. The highest BCUT2D eigenvalue weighted by molar-refractivity contribution is 5.92. The van der Waals surface area contributed by atoms with Gasteiger partial charge < -0.3 is 48.9 Å². The van der Waals surface area contributed by atoms with E-state index >= 15 is 0 Å². The number of carbonyl (C=O) groups excluding carboxylic acids is 5. The number of nitrogens with zero attached hydrogens (tertiary/aromatic N) is 3. The van der Waals surface area contributed by atoms with Crippen molar-refractivity contribution in [2.45, 2.75) is 212 Å². The quantitative estimate of drug-likeness (QED) is 0.0677. The van der Waals surface area contributed by atoms with Crippen LogP contribution in [0, 0.1) is 29.6 Å². The second kappa shape index (κ2) is 31.7. The molecule has 3 aliphatic carbocycles. The number of methoxy groups -OCH3 is 2. The molecule has 13 unspecified atom stereocenters. The molecule has 2 saturated heterocycles. The Morgan fingerprint density at radius 2 is 1.47 bits per heavy atom. The van der Waals surface area contributed by atoms with Gasteiger partial charge in [0.2, 0.25) is 23.6 Å². The van der Waals surface area contributed by atoms with Crippen LogP contribution in [0.1, 0.15) is 179 Å². The zero-order chi connectivity index (χ0) is 63.3. The predicted molar refractivity (Wildman–Crippen MR) is 343 cm³/mol. The van der Waals surface area contributed by atoms with Crippen molar-refractivity contribution in [1.82, 2.24) is 25.3 Å². The van der Waals surface area contributed by atoms with Crippen LogP contribution in [0.25, 0.3) is 5.57 Å². The van der Waals surface area contributed by atoms with Crippen LogP contribution >= 0.6 is 0 Å². The van der Waals surface area contributed by atoms with Crippen molar-refractivity contribution in [2.75, 3.05) is 48.1 Å². The van der Waals surface area contributed by atoms with Gasteiger partial charge in [0, 0.05) is 40.8 Å². The molecule has 0 radical (unpaired) electrons. The lowest BCUT2D eigenvalue weighted by Crippen LogP contribution is -2.60. The Balaban J connectivity index is 0.870. The molecule has 88 heavy (non-hydrogen) atoms. The molecule has 16 nitrogen and oxygen atoms in total. The van der Waals surface area contributed by atoms with E-state index in [1.54, 1.807) is 33.2 Å². The summed E-state index contributed by atoms with van der Waals surface area (Å²) in [5.41, 5.74) is 8.24. The van der Waals surface area contributed by atoms with Gasteiger partial charge in [-0.05, 0) is 127 Å². The van der Waals surface area contributed by atoms with Gasteiger partial charge in [-0.3, -0.25) is 24.1 Å². The Kier molecular flexibility index (Phi) is 24.5. The van der Waals surface area contributed by atoms with Crippen molar-refractivity contribution in [3.8, 4) is 0 Å². The third-order valence-corrected chi connectivity index (χ3v) is 19.8. The molecular formula is C72H103N5O11. The van der Waals surface area contributed by atoms with Crippen molar-refractivity contribution in [2.24, 2.45) is 29.6 Å². The summed E-state index contributed by atoms with van der Waals surface area (Å²) in [7, 11) is 6.44. The lowest BCUT2D eigenvalue weighted by Gasteiger charge is -2.41. The zero-order valence-corrected chi connectivity index (χ0v) is 54.9. The Morgan fingerprint density at radius 3 is 2.12 bits per heavy atom. The van der Waals surface area contributed by atoms with Crippen LogP contribution in [-0.4, -0.2) is 147 Å². The second-order valence-corrected chi connectivity index (χ2v) is 26.5. The smallest absolute Gasteiger partial charge is 0.410 e. The van der Waals surface area contributed by atoms with Gasteiger partial charge in [0.15, 0.2) is 6.29 Å². The highest BCUT2D eigenvalue weighted by Crippen LogP contribution is 2.49.